The highest BCUT2D eigenvalue weighted by molar-refractivity contribution is 7.71. The number of amides is 1. The van der Waals surface area contributed by atoms with Crippen molar-refractivity contribution < 1.29 is 4.79 Å². The molecule has 0 aliphatic carbocycles. The molecule has 0 aliphatic heterocycles. The van der Waals surface area contributed by atoms with Gasteiger partial charge in [0.05, 0.1) is 10.9 Å². The molecule has 27 heavy (non-hydrogen) atoms. The van der Waals surface area contributed by atoms with E-state index in [1.807, 2.05) is 0 Å². The first-order valence-corrected chi connectivity index (χ1v) is 10.0. The Hall–Kier alpha value is -2.21. The highest BCUT2D eigenvalue weighted by Crippen LogP contribution is 2.12. The first kappa shape index (κ1) is 21.1. The molecule has 1 heterocycles. The van der Waals surface area contributed by atoms with Gasteiger partial charge in [0.1, 0.15) is 0 Å². The van der Waals surface area contributed by atoms with Crippen LogP contribution in [0.15, 0.2) is 35.6 Å². The van der Waals surface area contributed by atoms with Crippen LogP contribution in [0.3, 0.4) is 0 Å². The van der Waals surface area contributed by atoms with Crippen LogP contribution in [0, 0.1) is 10.7 Å². The summed E-state index contributed by atoms with van der Waals surface area (Å²) < 4.78 is 1.77. The Morgan fingerprint density at radius 2 is 2.04 bits per heavy atom. The summed E-state index contributed by atoms with van der Waals surface area (Å²) in [4.78, 5) is 27.9. The van der Waals surface area contributed by atoms with Gasteiger partial charge >= 0.3 is 0 Å². The van der Waals surface area contributed by atoms with Crippen molar-refractivity contribution in [1.29, 1.82) is 0 Å². The average Bonchev–Trinajstić information content (AvgIpc) is 2.63. The zero-order valence-electron chi connectivity index (χ0n) is 16.2. The van der Waals surface area contributed by atoms with Gasteiger partial charge in [-0.3, -0.25) is 14.2 Å². The molecule has 1 aromatic heterocycles. The fourth-order valence-corrected chi connectivity index (χ4v) is 3.29. The Morgan fingerprint density at radius 3 is 2.74 bits per heavy atom. The van der Waals surface area contributed by atoms with Gasteiger partial charge in [-0.05, 0) is 42.8 Å². The van der Waals surface area contributed by atoms with Crippen LogP contribution in [0.2, 0.25) is 0 Å². The average molecular weight is 388 g/mol. The molecule has 6 heteroatoms. The van der Waals surface area contributed by atoms with Crippen LogP contribution in [-0.4, -0.2) is 22.0 Å². The lowest BCUT2D eigenvalue weighted by Gasteiger charge is -2.09. The molecule has 0 saturated carbocycles. The van der Waals surface area contributed by atoms with Crippen molar-refractivity contribution in [3.8, 4) is 0 Å². The SMILES string of the molecule is C=CCn1c(=S)[nH]c2cc(C(=O)NCCCCCCC(C)C)ccc2c1=O. The van der Waals surface area contributed by atoms with Gasteiger partial charge in [0.15, 0.2) is 4.77 Å². The normalized spacial score (nSPS) is 11.1. The Morgan fingerprint density at radius 1 is 1.30 bits per heavy atom. The number of unbranched alkanes of at least 4 members (excludes halogenated alkanes) is 3. The Kier molecular flexibility index (Phi) is 7.98. The van der Waals surface area contributed by atoms with Crippen molar-refractivity contribution in [1.82, 2.24) is 14.9 Å². The number of hydrogen-bond donors (Lipinski definition) is 2. The van der Waals surface area contributed by atoms with Crippen molar-refractivity contribution >= 4 is 29.0 Å². The van der Waals surface area contributed by atoms with Crippen LogP contribution < -0.4 is 10.9 Å². The molecular weight excluding hydrogens is 358 g/mol. The van der Waals surface area contributed by atoms with E-state index in [-0.39, 0.29) is 11.5 Å². The summed E-state index contributed by atoms with van der Waals surface area (Å²) in [5.41, 5.74) is 0.919. The molecule has 1 amide bonds. The largest absolute Gasteiger partial charge is 0.352 e. The van der Waals surface area contributed by atoms with Gasteiger partial charge in [-0.1, -0.05) is 45.6 Å². The zero-order chi connectivity index (χ0) is 19.8. The molecule has 2 N–H and O–H groups in total. The fraction of sp³-hybridized carbons (Fsp3) is 0.476. The molecule has 0 spiro atoms. The molecule has 0 unspecified atom stereocenters. The van der Waals surface area contributed by atoms with E-state index in [9.17, 15) is 9.59 Å². The molecule has 0 atom stereocenters. The minimum atomic E-state index is -0.179. The van der Waals surface area contributed by atoms with Crippen molar-refractivity contribution in [2.75, 3.05) is 6.54 Å². The van der Waals surface area contributed by atoms with E-state index in [0.717, 1.165) is 18.8 Å². The first-order chi connectivity index (χ1) is 12.9. The van der Waals surface area contributed by atoms with Gasteiger partial charge in [-0.15, -0.1) is 6.58 Å². The zero-order valence-corrected chi connectivity index (χ0v) is 17.0. The van der Waals surface area contributed by atoms with Crippen molar-refractivity contribution in [2.24, 2.45) is 5.92 Å². The predicted molar refractivity (Wildman–Crippen MR) is 114 cm³/mol. The third kappa shape index (κ3) is 5.89. The molecule has 2 aromatic rings. The number of carbonyl (C=O) groups is 1. The van der Waals surface area contributed by atoms with E-state index in [0.29, 0.717) is 34.3 Å². The molecule has 1 aromatic carbocycles. The number of aromatic nitrogens is 2. The second-order valence-corrected chi connectivity index (χ2v) is 7.63. The quantitative estimate of drug-likeness (QED) is 0.356. The Balaban J connectivity index is 1.97. The third-order valence-electron chi connectivity index (χ3n) is 4.55. The van der Waals surface area contributed by atoms with E-state index < -0.39 is 0 Å². The van der Waals surface area contributed by atoms with Gasteiger partial charge in [-0.25, -0.2) is 0 Å². The molecule has 2 rings (SSSR count). The second-order valence-electron chi connectivity index (χ2n) is 7.25. The topological polar surface area (TPSA) is 66.9 Å². The van der Waals surface area contributed by atoms with E-state index in [4.69, 9.17) is 12.2 Å². The molecular formula is C21H29N3O2S. The summed E-state index contributed by atoms with van der Waals surface area (Å²) in [6.07, 6.45) is 7.45. The molecule has 0 saturated heterocycles. The van der Waals surface area contributed by atoms with Gasteiger partial charge in [0, 0.05) is 18.7 Å². The lowest BCUT2D eigenvalue weighted by atomic mass is 10.0. The summed E-state index contributed by atoms with van der Waals surface area (Å²) in [6, 6.07) is 5.03. The molecule has 0 fully saturated rings. The number of allylic oxidation sites excluding steroid dienone is 1. The van der Waals surface area contributed by atoms with E-state index in [2.05, 4.69) is 30.7 Å². The summed E-state index contributed by atoms with van der Waals surface area (Å²) >= 11 is 5.24. The molecule has 5 nitrogen and oxygen atoms in total. The van der Waals surface area contributed by atoms with Crippen molar-refractivity contribution in [3.05, 3.63) is 51.5 Å². The molecule has 0 radical (unpaired) electrons. The minimum Gasteiger partial charge on any atom is -0.352 e. The van der Waals surface area contributed by atoms with Crippen molar-refractivity contribution in [2.45, 2.75) is 52.5 Å². The molecule has 146 valence electrons. The van der Waals surface area contributed by atoms with E-state index in [1.54, 1.807) is 24.3 Å². The number of carbonyl (C=O) groups excluding carboxylic acids is 1. The Labute approximate surface area is 165 Å². The lowest BCUT2D eigenvalue weighted by molar-refractivity contribution is 0.0953. The maximum Gasteiger partial charge on any atom is 0.262 e. The number of nitrogens with zero attached hydrogens (tertiary/aromatic N) is 1. The number of fused-ring (bicyclic) bond motifs is 1. The number of hydrogen-bond acceptors (Lipinski definition) is 3. The van der Waals surface area contributed by atoms with Crippen LogP contribution in [0.4, 0.5) is 0 Å². The van der Waals surface area contributed by atoms with Crippen LogP contribution in [0.25, 0.3) is 10.9 Å². The van der Waals surface area contributed by atoms with E-state index in [1.165, 1.54) is 23.8 Å². The fourth-order valence-electron chi connectivity index (χ4n) is 3.03. The Bertz CT molecular complexity index is 912. The third-order valence-corrected chi connectivity index (χ3v) is 4.87. The van der Waals surface area contributed by atoms with Gasteiger partial charge in [0.2, 0.25) is 0 Å². The van der Waals surface area contributed by atoms with Crippen LogP contribution in [0.5, 0.6) is 0 Å². The predicted octanol–water partition coefficient (Wildman–Crippen LogP) is 4.58. The highest BCUT2D eigenvalue weighted by Gasteiger charge is 2.09. The smallest absolute Gasteiger partial charge is 0.262 e. The summed E-state index contributed by atoms with van der Waals surface area (Å²) in [7, 11) is 0. The van der Waals surface area contributed by atoms with Gasteiger partial charge < -0.3 is 10.3 Å². The number of aromatic amines is 1. The summed E-state index contributed by atoms with van der Waals surface area (Å²) in [5.74, 6) is 0.625. The van der Waals surface area contributed by atoms with Gasteiger partial charge in [0.25, 0.3) is 11.5 Å². The standard InChI is InChI=1S/C21H29N3O2S/c1-4-13-24-20(26)17-11-10-16(14-18(17)23-21(24)27)19(25)22-12-8-6-5-7-9-15(2)3/h4,10-11,14-15H,1,5-9,12-13H2,2-3H3,(H,22,25)(H,23,27). The van der Waals surface area contributed by atoms with Crippen LogP contribution in [-0.2, 0) is 6.54 Å². The summed E-state index contributed by atoms with van der Waals surface area (Å²) in [5, 5.41) is 3.46. The monoisotopic (exact) mass is 387 g/mol. The number of rotatable bonds is 10. The van der Waals surface area contributed by atoms with E-state index >= 15 is 0 Å². The molecule has 0 aliphatic rings. The summed E-state index contributed by atoms with van der Waals surface area (Å²) in [6.45, 7) is 9.14. The van der Waals surface area contributed by atoms with Crippen LogP contribution >= 0.6 is 12.2 Å². The lowest BCUT2D eigenvalue weighted by Crippen LogP contribution is -2.25. The minimum absolute atomic E-state index is 0.131. The first-order valence-electron chi connectivity index (χ1n) is 9.60. The maximum atomic E-state index is 12.5. The number of nitrogens with one attached hydrogen (secondary N) is 2. The second kappa shape index (κ2) is 10.2. The number of benzene rings is 1. The highest BCUT2D eigenvalue weighted by atomic mass is 32.1. The number of H-pyrrole nitrogens is 1. The maximum absolute atomic E-state index is 12.5. The van der Waals surface area contributed by atoms with Crippen LogP contribution in [0.1, 0.15) is 56.3 Å². The van der Waals surface area contributed by atoms with Gasteiger partial charge in [-0.2, -0.15) is 0 Å². The molecule has 0 bridgehead atoms. The van der Waals surface area contributed by atoms with Crippen molar-refractivity contribution in [3.63, 3.8) is 0 Å².